The van der Waals surface area contributed by atoms with Gasteiger partial charge in [0.1, 0.15) is 11.6 Å². The number of imidazole rings is 1. The van der Waals surface area contributed by atoms with E-state index >= 15 is 0 Å². The highest BCUT2D eigenvalue weighted by Gasteiger charge is 2.25. The Kier molecular flexibility index (Phi) is 4.62. The van der Waals surface area contributed by atoms with E-state index in [1.54, 1.807) is 18.3 Å². The van der Waals surface area contributed by atoms with Crippen LogP contribution in [0.15, 0.2) is 55.0 Å². The fourth-order valence-electron chi connectivity index (χ4n) is 3.66. The van der Waals surface area contributed by atoms with Crippen molar-refractivity contribution in [2.45, 2.75) is 25.3 Å². The molecule has 7 nitrogen and oxygen atoms in total. The summed E-state index contributed by atoms with van der Waals surface area (Å²) >= 11 is 0. The number of nitrogens with two attached hydrogens (primary N) is 1. The summed E-state index contributed by atoms with van der Waals surface area (Å²) in [6.45, 7) is 1.32. The predicted octanol–water partition coefficient (Wildman–Crippen LogP) is 3.94. The summed E-state index contributed by atoms with van der Waals surface area (Å²) < 4.78 is 2.06. The number of nitriles is 1. The molecule has 0 spiro atoms. The molecule has 1 saturated carbocycles. The minimum absolute atomic E-state index is 0.560. The Morgan fingerprint density at radius 1 is 1.10 bits per heavy atom. The molecule has 30 heavy (non-hydrogen) atoms. The summed E-state index contributed by atoms with van der Waals surface area (Å²) in [4.78, 5) is 13.7. The maximum atomic E-state index is 9.13. The van der Waals surface area contributed by atoms with E-state index in [1.807, 2.05) is 6.33 Å². The zero-order valence-corrected chi connectivity index (χ0v) is 16.4. The van der Waals surface area contributed by atoms with Gasteiger partial charge in [-0.1, -0.05) is 6.07 Å². The number of hydrogen-bond donors (Lipinski definition) is 2. The topological polar surface area (TPSA) is 105 Å². The Hall–Kier alpha value is -3.76. The Morgan fingerprint density at radius 3 is 2.80 bits per heavy atom. The molecule has 148 valence electrons. The number of nitrogens with zero attached hydrogens (tertiary/aromatic N) is 5. The maximum Gasteiger partial charge on any atom is 0.132 e. The van der Waals surface area contributed by atoms with Gasteiger partial charge in [0.05, 0.1) is 34.7 Å². The highest BCUT2D eigenvalue weighted by atomic mass is 15.1. The normalized spacial score (nSPS) is 13.3. The standard InChI is InChI=1S/C23H21N7/c24-6-8-30-14-27-20-10-17(3-4-21(20)30)19-11-18(16-1-2-16)12-23(28-19)29-22-9-15(13-25)5-7-26-22/h3-5,7,9-12,14,16H,1-2,6,8,24H2,(H,26,28,29). The third-order valence-corrected chi connectivity index (χ3v) is 5.33. The van der Waals surface area contributed by atoms with Crippen LogP contribution in [0.5, 0.6) is 0 Å². The Balaban J connectivity index is 1.53. The average molecular weight is 395 g/mol. The number of anilines is 2. The van der Waals surface area contributed by atoms with Gasteiger partial charge in [0.15, 0.2) is 0 Å². The van der Waals surface area contributed by atoms with Gasteiger partial charge in [0.2, 0.25) is 0 Å². The zero-order chi connectivity index (χ0) is 20.5. The second-order valence-electron chi connectivity index (χ2n) is 7.54. The molecule has 3 heterocycles. The Labute approximate surface area is 174 Å². The van der Waals surface area contributed by atoms with Crippen molar-refractivity contribution in [2.75, 3.05) is 11.9 Å². The van der Waals surface area contributed by atoms with E-state index in [9.17, 15) is 0 Å². The van der Waals surface area contributed by atoms with E-state index in [-0.39, 0.29) is 0 Å². The molecule has 4 aromatic rings. The molecule has 0 bridgehead atoms. The number of rotatable bonds is 6. The average Bonchev–Trinajstić information content (AvgIpc) is 3.55. The van der Waals surface area contributed by atoms with Crippen molar-refractivity contribution in [2.24, 2.45) is 5.73 Å². The Morgan fingerprint density at radius 2 is 2.00 bits per heavy atom. The summed E-state index contributed by atoms with van der Waals surface area (Å²) in [5, 5.41) is 12.4. The third kappa shape index (κ3) is 3.61. The molecule has 1 fully saturated rings. The van der Waals surface area contributed by atoms with Gasteiger partial charge in [0, 0.05) is 24.8 Å². The number of hydrogen-bond acceptors (Lipinski definition) is 6. The van der Waals surface area contributed by atoms with Crippen LogP contribution in [0.3, 0.4) is 0 Å². The molecule has 7 heteroatoms. The van der Waals surface area contributed by atoms with Gasteiger partial charge >= 0.3 is 0 Å². The molecule has 1 aliphatic carbocycles. The summed E-state index contributed by atoms with van der Waals surface area (Å²) in [6.07, 6.45) is 5.86. The third-order valence-electron chi connectivity index (χ3n) is 5.33. The lowest BCUT2D eigenvalue weighted by Gasteiger charge is -2.11. The van der Waals surface area contributed by atoms with Crippen LogP contribution < -0.4 is 11.1 Å². The number of nitrogens with one attached hydrogen (secondary N) is 1. The fourth-order valence-corrected chi connectivity index (χ4v) is 3.66. The highest BCUT2D eigenvalue weighted by Crippen LogP contribution is 2.42. The SMILES string of the molecule is N#Cc1ccnc(Nc2cc(C3CC3)cc(-c3ccc4c(c3)ncn4CCN)n2)c1. The van der Waals surface area contributed by atoms with E-state index in [0.29, 0.717) is 23.8 Å². The lowest BCUT2D eigenvalue weighted by Crippen LogP contribution is -2.08. The van der Waals surface area contributed by atoms with E-state index in [1.165, 1.54) is 18.4 Å². The van der Waals surface area contributed by atoms with Crippen LogP contribution in [0.1, 0.15) is 29.9 Å². The van der Waals surface area contributed by atoms with Crippen molar-refractivity contribution < 1.29 is 0 Å². The molecule has 0 aliphatic heterocycles. The van der Waals surface area contributed by atoms with Crippen LogP contribution in [0, 0.1) is 11.3 Å². The largest absolute Gasteiger partial charge is 0.329 e. The highest BCUT2D eigenvalue weighted by molar-refractivity contribution is 5.82. The van der Waals surface area contributed by atoms with Crippen LogP contribution in [0.25, 0.3) is 22.3 Å². The molecule has 3 aromatic heterocycles. The molecule has 0 radical (unpaired) electrons. The maximum absolute atomic E-state index is 9.13. The van der Waals surface area contributed by atoms with Gasteiger partial charge in [-0.3, -0.25) is 0 Å². The monoisotopic (exact) mass is 395 g/mol. The summed E-state index contributed by atoms with van der Waals surface area (Å²) in [7, 11) is 0. The van der Waals surface area contributed by atoms with Gasteiger partial charge in [0.25, 0.3) is 0 Å². The van der Waals surface area contributed by atoms with Crippen molar-refractivity contribution in [3.05, 3.63) is 66.1 Å². The summed E-state index contributed by atoms with van der Waals surface area (Å²) in [5.41, 5.74) is 11.4. The first-order valence-corrected chi connectivity index (χ1v) is 10.0. The Bertz CT molecular complexity index is 1260. The first-order valence-electron chi connectivity index (χ1n) is 10.0. The van der Waals surface area contributed by atoms with E-state index in [4.69, 9.17) is 16.0 Å². The summed E-state index contributed by atoms with van der Waals surface area (Å²) in [6, 6.07) is 16.0. The van der Waals surface area contributed by atoms with Crippen molar-refractivity contribution >= 4 is 22.7 Å². The molecular formula is C23H21N7. The second-order valence-corrected chi connectivity index (χ2v) is 7.54. The first-order chi connectivity index (χ1) is 14.7. The van der Waals surface area contributed by atoms with Crippen LogP contribution >= 0.6 is 0 Å². The van der Waals surface area contributed by atoms with Crippen molar-refractivity contribution in [1.82, 2.24) is 19.5 Å². The van der Waals surface area contributed by atoms with Gasteiger partial charge in [-0.05, 0) is 60.7 Å². The molecular weight excluding hydrogens is 374 g/mol. The second kappa shape index (κ2) is 7.58. The lowest BCUT2D eigenvalue weighted by molar-refractivity contribution is 0.728. The number of benzene rings is 1. The van der Waals surface area contributed by atoms with Crippen molar-refractivity contribution in [3.8, 4) is 17.3 Å². The minimum atomic E-state index is 0.560. The minimum Gasteiger partial charge on any atom is -0.329 e. The van der Waals surface area contributed by atoms with Gasteiger partial charge < -0.3 is 15.6 Å². The molecule has 0 saturated heterocycles. The number of aromatic nitrogens is 4. The van der Waals surface area contributed by atoms with Crippen LogP contribution in [0.2, 0.25) is 0 Å². The fraction of sp³-hybridized carbons (Fsp3) is 0.217. The molecule has 5 rings (SSSR count). The number of fused-ring (bicyclic) bond motifs is 1. The first kappa shape index (κ1) is 18.3. The van der Waals surface area contributed by atoms with Crippen LogP contribution in [-0.2, 0) is 6.54 Å². The van der Waals surface area contributed by atoms with Gasteiger partial charge in [-0.25, -0.2) is 15.0 Å². The molecule has 1 aliphatic rings. The molecule has 3 N–H and O–H groups in total. The summed E-state index contributed by atoms with van der Waals surface area (Å²) in [5.74, 6) is 1.92. The quantitative estimate of drug-likeness (QED) is 0.512. The molecule has 0 unspecified atom stereocenters. The molecule has 0 amide bonds. The number of pyridine rings is 2. The molecule has 0 atom stereocenters. The molecule has 1 aromatic carbocycles. The van der Waals surface area contributed by atoms with Crippen LogP contribution in [0.4, 0.5) is 11.6 Å². The van der Waals surface area contributed by atoms with Gasteiger partial charge in [-0.2, -0.15) is 5.26 Å². The van der Waals surface area contributed by atoms with Crippen LogP contribution in [-0.4, -0.2) is 26.1 Å². The lowest BCUT2D eigenvalue weighted by atomic mass is 10.1. The predicted molar refractivity (Wildman–Crippen MR) is 116 cm³/mol. The van der Waals surface area contributed by atoms with Crippen molar-refractivity contribution in [1.29, 1.82) is 5.26 Å². The smallest absolute Gasteiger partial charge is 0.132 e. The zero-order valence-electron chi connectivity index (χ0n) is 16.4. The van der Waals surface area contributed by atoms with E-state index in [0.717, 1.165) is 34.7 Å². The van der Waals surface area contributed by atoms with Crippen molar-refractivity contribution in [3.63, 3.8) is 0 Å². The van der Waals surface area contributed by atoms with E-state index in [2.05, 4.69) is 56.3 Å². The van der Waals surface area contributed by atoms with Gasteiger partial charge in [-0.15, -0.1) is 0 Å². The van der Waals surface area contributed by atoms with E-state index < -0.39 is 0 Å².